The number of aryl methyl sites for hydroxylation is 2. The number of nitrogens with one attached hydrogen (secondary N) is 1. The Morgan fingerprint density at radius 2 is 2.00 bits per heavy atom. The molecule has 0 saturated carbocycles. The van der Waals surface area contributed by atoms with E-state index in [0.717, 1.165) is 36.1 Å². The van der Waals surface area contributed by atoms with Crippen molar-refractivity contribution in [2.24, 2.45) is 0 Å². The highest BCUT2D eigenvalue weighted by Crippen LogP contribution is 2.34. The first kappa shape index (κ1) is 16.1. The van der Waals surface area contributed by atoms with Gasteiger partial charge in [-0.1, -0.05) is 32.0 Å². The Morgan fingerprint density at radius 1 is 1.24 bits per heavy atom. The summed E-state index contributed by atoms with van der Waals surface area (Å²) in [6, 6.07) is 8.89. The van der Waals surface area contributed by atoms with Crippen LogP contribution in [0.5, 0.6) is 0 Å². The van der Waals surface area contributed by atoms with E-state index in [1.807, 2.05) is 13.8 Å². The van der Waals surface area contributed by atoms with Crippen LogP contribution in [-0.2, 0) is 0 Å². The SMILES string of the molecule is CCCNC(CC)c1ccccc1Sc1nc(C)c(C)o1. The molecule has 0 radical (unpaired) electrons. The van der Waals surface area contributed by atoms with Gasteiger partial charge in [0.05, 0.1) is 5.69 Å². The van der Waals surface area contributed by atoms with Crippen LogP contribution in [0.15, 0.2) is 38.8 Å². The molecule has 21 heavy (non-hydrogen) atoms. The van der Waals surface area contributed by atoms with Gasteiger partial charge >= 0.3 is 0 Å². The summed E-state index contributed by atoms with van der Waals surface area (Å²) < 4.78 is 5.70. The minimum absolute atomic E-state index is 0.380. The zero-order chi connectivity index (χ0) is 15.2. The molecule has 1 heterocycles. The van der Waals surface area contributed by atoms with Gasteiger partial charge in [0.1, 0.15) is 5.76 Å². The summed E-state index contributed by atoms with van der Waals surface area (Å²) in [4.78, 5) is 5.69. The van der Waals surface area contributed by atoms with Gasteiger partial charge in [-0.25, -0.2) is 4.98 Å². The fourth-order valence-corrected chi connectivity index (χ4v) is 3.25. The van der Waals surface area contributed by atoms with Crippen LogP contribution in [0.1, 0.15) is 49.7 Å². The molecule has 1 N–H and O–H groups in total. The summed E-state index contributed by atoms with van der Waals surface area (Å²) in [5, 5.41) is 4.34. The lowest BCUT2D eigenvalue weighted by Crippen LogP contribution is -2.21. The molecule has 114 valence electrons. The predicted molar refractivity (Wildman–Crippen MR) is 87.9 cm³/mol. The van der Waals surface area contributed by atoms with Crippen LogP contribution in [-0.4, -0.2) is 11.5 Å². The van der Waals surface area contributed by atoms with E-state index in [-0.39, 0.29) is 0 Å². The van der Waals surface area contributed by atoms with Gasteiger partial charge in [0.2, 0.25) is 0 Å². The Balaban J connectivity index is 2.23. The standard InChI is InChI=1S/C17H24N2OS/c1-5-11-18-15(6-2)14-9-7-8-10-16(14)21-17-19-12(3)13(4)20-17/h7-10,15,18H,5-6,11H2,1-4H3. The summed E-state index contributed by atoms with van der Waals surface area (Å²) in [7, 11) is 0. The Labute approximate surface area is 131 Å². The summed E-state index contributed by atoms with van der Waals surface area (Å²) in [6.07, 6.45) is 2.21. The fraction of sp³-hybridized carbons (Fsp3) is 0.471. The first-order valence-corrected chi connectivity index (χ1v) is 8.41. The van der Waals surface area contributed by atoms with Gasteiger partial charge in [-0.3, -0.25) is 0 Å². The quantitative estimate of drug-likeness (QED) is 0.790. The molecule has 2 rings (SSSR count). The van der Waals surface area contributed by atoms with E-state index < -0.39 is 0 Å². The van der Waals surface area contributed by atoms with Gasteiger partial charge in [-0.2, -0.15) is 0 Å². The molecule has 0 spiro atoms. The van der Waals surface area contributed by atoms with Crippen molar-refractivity contribution < 1.29 is 4.42 Å². The summed E-state index contributed by atoms with van der Waals surface area (Å²) in [5.74, 6) is 0.895. The lowest BCUT2D eigenvalue weighted by molar-refractivity contribution is 0.431. The van der Waals surface area contributed by atoms with E-state index in [0.29, 0.717) is 6.04 Å². The smallest absolute Gasteiger partial charge is 0.261 e. The third-order valence-electron chi connectivity index (χ3n) is 3.55. The number of rotatable bonds is 7. The Kier molecular flexibility index (Phi) is 5.88. The molecule has 0 saturated heterocycles. The van der Waals surface area contributed by atoms with E-state index >= 15 is 0 Å². The third kappa shape index (κ3) is 4.11. The highest BCUT2D eigenvalue weighted by atomic mass is 32.2. The maximum Gasteiger partial charge on any atom is 0.261 e. The fourth-order valence-electron chi connectivity index (χ4n) is 2.24. The second kappa shape index (κ2) is 7.66. The lowest BCUT2D eigenvalue weighted by atomic mass is 10.0. The van der Waals surface area contributed by atoms with E-state index in [9.17, 15) is 0 Å². The highest BCUT2D eigenvalue weighted by Gasteiger charge is 2.15. The van der Waals surface area contributed by atoms with Crippen molar-refractivity contribution in [3.05, 3.63) is 41.3 Å². The molecule has 4 heteroatoms. The van der Waals surface area contributed by atoms with Crippen LogP contribution < -0.4 is 5.32 Å². The van der Waals surface area contributed by atoms with Gasteiger partial charge in [-0.05, 0) is 56.6 Å². The molecule has 0 aliphatic carbocycles. The van der Waals surface area contributed by atoms with Crippen molar-refractivity contribution >= 4 is 11.8 Å². The van der Waals surface area contributed by atoms with E-state index in [2.05, 4.69) is 48.4 Å². The molecule has 1 atom stereocenters. The molecule has 1 unspecified atom stereocenters. The molecule has 0 amide bonds. The van der Waals surface area contributed by atoms with E-state index in [4.69, 9.17) is 4.42 Å². The zero-order valence-electron chi connectivity index (χ0n) is 13.3. The molecular formula is C17H24N2OS. The van der Waals surface area contributed by atoms with E-state index in [1.165, 1.54) is 10.5 Å². The van der Waals surface area contributed by atoms with Gasteiger partial charge in [0.25, 0.3) is 5.22 Å². The number of hydrogen-bond acceptors (Lipinski definition) is 4. The number of aromatic nitrogens is 1. The van der Waals surface area contributed by atoms with Crippen LogP contribution in [0, 0.1) is 13.8 Å². The highest BCUT2D eigenvalue weighted by molar-refractivity contribution is 7.99. The Morgan fingerprint density at radius 3 is 2.62 bits per heavy atom. The molecular weight excluding hydrogens is 280 g/mol. The molecule has 1 aromatic carbocycles. The maximum absolute atomic E-state index is 5.70. The molecule has 0 aliphatic rings. The zero-order valence-corrected chi connectivity index (χ0v) is 14.1. The number of nitrogens with zero attached hydrogens (tertiary/aromatic N) is 1. The van der Waals surface area contributed by atoms with Crippen LogP contribution in [0.4, 0.5) is 0 Å². The third-order valence-corrected chi connectivity index (χ3v) is 4.49. The van der Waals surface area contributed by atoms with Crippen LogP contribution >= 0.6 is 11.8 Å². The molecule has 3 nitrogen and oxygen atoms in total. The normalized spacial score (nSPS) is 12.6. The lowest BCUT2D eigenvalue weighted by Gasteiger charge is -2.19. The van der Waals surface area contributed by atoms with E-state index in [1.54, 1.807) is 11.8 Å². The predicted octanol–water partition coefficient (Wildman–Crippen LogP) is 4.89. The number of hydrogen-bond donors (Lipinski definition) is 1. The molecule has 0 aliphatic heterocycles. The van der Waals surface area contributed by atoms with Crippen molar-refractivity contribution in [2.75, 3.05) is 6.54 Å². The first-order valence-electron chi connectivity index (χ1n) is 7.59. The van der Waals surface area contributed by atoms with Gasteiger partial charge in [-0.15, -0.1) is 0 Å². The minimum Gasteiger partial charge on any atom is -0.436 e. The van der Waals surface area contributed by atoms with Crippen LogP contribution in [0.2, 0.25) is 0 Å². The van der Waals surface area contributed by atoms with Crippen molar-refractivity contribution in [3.63, 3.8) is 0 Å². The summed E-state index contributed by atoms with van der Waals surface area (Å²) in [5.41, 5.74) is 2.29. The van der Waals surface area contributed by atoms with Gasteiger partial charge in [0.15, 0.2) is 0 Å². The van der Waals surface area contributed by atoms with Crippen molar-refractivity contribution in [2.45, 2.75) is 56.7 Å². The van der Waals surface area contributed by atoms with Crippen LogP contribution in [0.3, 0.4) is 0 Å². The number of oxazole rings is 1. The maximum atomic E-state index is 5.70. The molecule has 1 aromatic heterocycles. The second-order valence-electron chi connectivity index (χ2n) is 5.18. The Bertz CT molecular complexity index is 560. The Hall–Kier alpha value is -1.26. The van der Waals surface area contributed by atoms with Crippen molar-refractivity contribution in [1.82, 2.24) is 10.3 Å². The minimum atomic E-state index is 0.380. The average Bonchev–Trinajstić information content (AvgIpc) is 2.79. The molecule has 2 aromatic rings. The first-order chi connectivity index (χ1) is 10.2. The monoisotopic (exact) mass is 304 g/mol. The second-order valence-corrected chi connectivity index (χ2v) is 6.17. The van der Waals surface area contributed by atoms with Crippen LogP contribution in [0.25, 0.3) is 0 Å². The summed E-state index contributed by atoms with van der Waals surface area (Å²) in [6.45, 7) is 9.38. The average molecular weight is 304 g/mol. The van der Waals surface area contributed by atoms with Gasteiger partial charge < -0.3 is 9.73 Å². The van der Waals surface area contributed by atoms with Crippen molar-refractivity contribution in [3.8, 4) is 0 Å². The largest absolute Gasteiger partial charge is 0.436 e. The topological polar surface area (TPSA) is 38.1 Å². The molecule has 0 bridgehead atoms. The van der Waals surface area contributed by atoms with Crippen molar-refractivity contribution in [1.29, 1.82) is 0 Å². The van der Waals surface area contributed by atoms with Gasteiger partial charge in [0, 0.05) is 10.9 Å². The number of benzene rings is 1. The summed E-state index contributed by atoms with van der Waals surface area (Å²) >= 11 is 1.61. The molecule has 0 fully saturated rings.